The molecule has 28 heavy (non-hydrogen) atoms. The number of nitrogens with two attached hydrogens (primary N) is 1. The van der Waals surface area contributed by atoms with E-state index in [4.69, 9.17) is 5.73 Å². The van der Waals surface area contributed by atoms with Gasteiger partial charge >= 0.3 is 5.97 Å². The zero-order valence-corrected chi connectivity index (χ0v) is 15.8. The molecule has 3 N–H and O–H groups in total. The number of methoxy groups -OCH3 is 1. The number of nitrogens with zero attached hydrogens (tertiary/aromatic N) is 3. The highest BCUT2D eigenvalue weighted by Crippen LogP contribution is 2.18. The van der Waals surface area contributed by atoms with Gasteiger partial charge in [0.2, 0.25) is 6.41 Å². The maximum atomic E-state index is 10.9. The number of carbonyl (C=O) groups is 2. The van der Waals surface area contributed by atoms with Crippen molar-refractivity contribution in [1.82, 2.24) is 15.0 Å². The lowest BCUT2D eigenvalue weighted by Crippen LogP contribution is -2.04. The van der Waals surface area contributed by atoms with E-state index in [0.717, 1.165) is 17.0 Å². The lowest BCUT2D eigenvalue weighted by atomic mass is 10.1. The van der Waals surface area contributed by atoms with Crippen molar-refractivity contribution in [3.63, 3.8) is 0 Å². The van der Waals surface area contributed by atoms with Crippen LogP contribution in [0.25, 0.3) is 11.3 Å². The maximum Gasteiger partial charge on any atom is 0.356 e. The first-order valence-corrected chi connectivity index (χ1v) is 8.35. The molecule has 3 rings (SSSR count). The van der Waals surface area contributed by atoms with Gasteiger partial charge in [-0.3, -0.25) is 4.79 Å². The second-order valence-electron chi connectivity index (χ2n) is 5.78. The van der Waals surface area contributed by atoms with Crippen molar-refractivity contribution in [2.45, 2.75) is 13.8 Å². The molecular weight excluding hydrogens is 358 g/mol. The van der Waals surface area contributed by atoms with Crippen LogP contribution < -0.4 is 11.1 Å². The number of rotatable bonds is 4. The van der Waals surface area contributed by atoms with Crippen molar-refractivity contribution in [3.05, 3.63) is 65.7 Å². The van der Waals surface area contributed by atoms with Crippen LogP contribution in [0.4, 0.5) is 11.5 Å². The molecule has 1 amide bonds. The van der Waals surface area contributed by atoms with Gasteiger partial charge < -0.3 is 15.8 Å². The third kappa shape index (κ3) is 5.60. The first-order valence-electron chi connectivity index (χ1n) is 8.35. The summed E-state index contributed by atoms with van der Waals surface area (Å²) in [5.41, 5.74) is 10.3. The zero-order chi connectivity index (χ0) is 20.5. The van der Waals surface area contributed by atoms with Crippen LogP contribution in [0, 0.1) is 13.8 Å². The van der Waals surface area contributed by atoms with E-state index in [-0.39, 0.29) is 5.69 Å². The van der Waals surface area contributed by atoms with Crippen LogP contribution >= 0.6 is 0 Å². The molecule has 8 nitrogen and oxygen atoms in total. The molecule has 3 aromatic rings. The van der Waals surface area contributed by atoms with Crippen LogP contribution in [0.5, 0.6) is 0 Å². The summed E-state index contributed by atoms with van der Waals surface area (Å²) in [5, 5.41) is 2.40. The Morgan fingerprint density at radius 2 is 1.79 bits per heavy atom. The summed E-state index contributed by atoms with van der Waals surface area (Å²) in [6.45, 7) is 3.92. The molecule has 0 saturated heterocycles. The number of esters is 1. The second kappa shape index (κ2) is 9.77. The first-order chi connectivity index (χ1) is 13.4. The smallest absolute Gasteiger partial charge is 0.356 e. The number of benzene rings is 1. The molecule has 144 valence electrons. The normalized spacial score (nSPS) is 9.68. The molecule has 0 spiro atoms. The quantitative estimate of drug-likeness (QED) is 0.528. The molecule has 8 heteroatoms. The third-order valence-electron chi connectivity index (χ3n) is 3.72. The number of ether oxygens (including phenoxy) is 1. The van der Waals surface area contributed by atoms with Gasteiger partial charge in [0.1, 0.15) is 11.5 Å². The fourth-order valence-corrected chi connectivity index (χ4v) is 2.13. The van der Waals surface area contributed by atoms with Gasteiger partial charge in [0.25, 0.3) is 0 Å². The number of nitrogen functional groups attached to an aromatic ring is 1. The molecule has 0 aliphatic carbocycles. The standard InChI is InChI=1S/C12H13N3.C8H8N2O3/c1-8-3-5-10(6-4-8)11-7-14-12(13)9(2)15-11;1-13-8(12)7-3-2-6(4-9-7)10-5-11/h3-7H,1-2H3,(H2,13,14);2-5H,1H3,(H,10,11). The number of aryl methyl sites for hydroxylation is 2. The Labute approximate surface area is 162 Å². The summed E-state index contributed by atoms with van der Waals surface area (Å²) in [6.07, 6.45) is 3.61. The lowest BCUT2D eigenvalue weighted by Gasteiger charge is -2.03. The van der Waals surface area contributed by atoms with Gasteiger partial charge in [-0.1, -0.05) is 29.8 Å². The highest BCUT2D eigenvalue weighted by Gasteiger charge is 2.05. The summed E-state index contributed by atoms with van der Waals surface area (Å²) < 4.78 is 4.44. The van der Waals surface area contributed by atoms with Gasteiger partial charge in [-0.15, -0.1) is 0 Å². The number of amides is 1. The fourth-order valence-electron chi connectivity index (χ4n) is 2.13. The van der Waals surface area contributed by atoms with Gasteiger partial charge in [-0.05, 0) is 26.0 Å². The number of aromatic nitrogens is 3. The number of hydrogen-bond donors (Lipinski definition) is 2. The van der Waals surface area contributed by atoms with Crippen molar-refractivity contribution in [2.24, 2.45) is 0 Å². The Morgan fingerprint density at radius 1 is 1.07 bits per heavy atom. The van der Waals surface area contributed by atoms with E-state index in [1.54, 1.807) is 12.3 Å². The van der Waals surface area contributed by atoms with Gasteiger partial charge in [-0.2, -0.15) is 0 Å². The van der Waals surface area contributed by atoms with E-state index >= 15 is 0 Å². The van der Waals surface area contributed by atoms with Crippen LogP contribution in [0.1, 0.15) is 21.7 Å². The predicted molar refractivity (Wildman–Crippen MR) is 107 cm³/mol. The zero-order valence-electron chi connectivity index (χ0n) is 15.8. The van der Waals surface area contributed by atoms with E-state index in [1.165, 1.54) is 24.9 Å². The lowest BCUT2D eigenvalue weighted by molar-refractivity contribution is -0.105. The summed E-state index contributed by atoms with van der Waals surface area (Å²) in [5.74, 6) is -0.0106. The van der Waals surface area contributed by atoms with E-state index in [0.29, 0.717) is 17.9 Å². The molecule has 0 fully saturated rings. The minimum atomic E-state index is -0.502. The number of carbonyl (C=O) groups excluding carboxylic acids is 2. The van der Waals surface area contributed by atoms with Crippen LogP contribution in [0.2, 0.25) is 0 Å². The van der Waals surface area contributed by atoms with Crippen molar-refractivity contribution >= 4 is 23.9 Å². The van der Waals surface area contributed by atoms with E-state index in [2.05, 4.69) is 44.1 Å². The Balaban J connectivity index is 0.000000203. The molecule has 2 heterocycles. The van der Waals surface area contributed by atoms with Crippen molar-refractivity contribution in [1.29, 1.82) is 0 Å². The Kier molecular flexibility index (Phi) is 7.15. The van der Waals surface area contributed by atoms with Crippen LogP contribution in [0.3, 0.4) is 0 Å². The SMILES string of the molecule is COC(=O)c1ccc(NC=O)cn1.Cc1ccc(-c2cnc(N)c(C)n2)cc1. The van der Waals surface area contributed by atoms with Crippen molar-refractivity contribution in [3.8, 4) is 11.3 Å². The van der Waals surface area contributed by atoms with Gasteiger partial charge in [-0.25, -0.2) is 19.7 Å². The molecular formula is C20H21N5O3. The first kappa shape index (κ1) is 20.5. The average Bonchev–Trinajstić information content (AvgIpc) is 2.71. The largest absolute Gasteiger partial charge is 0.464 e. The van der Waals surface area contributed by atoms with E-state index < -0.39 is 5.97 Å². The number of pyridine rings is 1. The minimum absolute atomic E-state index is 0.207. The summed E-state index contributed by atoms with van der Waals surface area (Å²) in [6, 6.07) is 11.2. The van der Waals surface area contributed by atoms with Gasteiger partial charge in [0.15, 0.2) is 0 Å². The molecule has 0 radical (unpaired) electrons. The number of hydrogen-bond acceptors (Lipinski definition) is 7. The maximum absolute atomic E-state index is 10.9. The minimum Gasteiger partial charge on any atom is -0.464 e. The van der Waals surface area contributed by atoms with Crippen LogP contribution in [-0.4, -0.2) is 34.4 Å². The monoisotopic (exact) mass is 379 g/mol. The summed E-state index contributed by atoms with van der Waals surface area (Å²) in [4.78, 5) is 33.2. The average molecular weight is 379 g/mol. The number of anilines is 2. The van der Waals surface area contributed by atoms with E-state index in [1.807, 2.05) is 19.1 Å². The number of nitrogens with one attached hydrogen (secondary N) is 1. The molecule has 0 atom stereocenters. The predicted octanol–water partition coefficient (Wildman–Crippen LogP) is 2.78. The van der Waals surface area contributed by atoms with Crippen molar-refractivity contribution in [2.75, 3.05) is 18.2 Å². The van der Waals surface area contributed by atoms with Gasteiger partial charge in [0, 0.05) is 5.56 Å². The molecule has 0 saturated carbocycles. The highest BCUT2D eigenvalue weighted by molar-refractivity contribution is 5.87. The Bertz CT molecular complexity index is 941. The molecule has 0 aliphatic rings. The van der Waals surface area contributed by atoms with E-state index in [9.17, 15) is 9.59 Å². The topological polar surface area (TPSA) is 120 Å². The summed E-state index contributed by atoms with van der Waals surface area (Å²) >= 11 is 0. The van der Waals surface area contributed by atoms with Crippen LogP contribution in [0.15, 0.2) is 48.8 Å². The highest BCUT2D eigenvalue weighted by atomic mass is 16.5. The summed E-state index contributed by atoms with van der Waals surface area (Å²) in [7, 11) is 1.28. The van der Waals surface area contributed by atoms with Crippen molar-refractivity contribution < 1.29 is 14.3 Å². The molecule has 1 aromatic carbocycles. The Morgan fingerprint density at radius 3 is 2.32 bits per heavy atom. The Hall–Kier alpha value is -3.81. The van der Waals surface area contributed by atoms with Crippen LogP contribution in [-0.2, 0) is 9.53 Å². The molecule has 0 aliphatic heterocycles. The molecule has 0 bridgehead atoms. The fraction of sp³-hybridized carbons (Fsp3) is 0.150. The van der Waals surface area contributed by atoms with Gasteiger partial charge in [0.05, 0.1) is 36.6 Å². The third-order valence-corrected chi connectivity index (χ3v) is 3.72. The molecule has 2 aromatic heterocycles. The second-order valence-corrected chi connectivity index (χ2v) is 5.78. The molecule has 0 unspecified atom stereocenters.